The summed E-state index contributed by atoms with van der Waals surface area (Å²) >= 11 is 0. The minimum absolute atomic E-state index is 0.0687. The number of esters is 1. The molecule has 3 N–H and O–H groups in total. The Morgan fingerprint density at radius 3 is 2.13 bits per heavy atom. The average molecular weight is 675 g/mol. The Morgan fingerprint density at radius 1 is 0.851 bits per heavy atom. The maximum absolute atomic E-state index is 12.3. The number of ether oxygens (including phenoxy) is 4. The van der Waals surface area contributed by atoms with Crippen molar-refractivity contribution in [1.82, 2.24) is 11.0 Å². The van der Waals surface area contributed by atoms with Gasteiger partial charge in [-0.05, 0) is 59.3 Å². The van der Waals surface area contributed by atoms with E-state index in [1.165, 1.54) is 44.9 Å². The fourth-order valence-corrected chi connectivity index (χ4v) is 4.31. The third kappa shape index (κ3) is 30.5. The van der Waals surface area contributed by atoms with Gasteiger partial charge in [0, 0.05) is 13.0 Å². The lowest BCUT2D eigenvalue weighted by Crippen LogP contribution is -2.38. The molecule has 2 atom stereocenters. The molecule has 13 heteroatoms. The lowest BCUT2D eigenvalue weighted by Gasteiger charge is -2.25. The molecule has 0 aliphatic rings. The van der Waals surface area contributed by atoms with Crippen LogP contribution in [0.3, 0.4) is 0 Å². The summed E-state index contributed by atoms with van der Waals surface area (Å²) in [7, 11) is 0. The van der Waals surface area contributed by atoms with Gasteiger partial charge >= 0.3 is 11.9 Å². The zero-order chi connectivity index (χ0) is 35.0. The molecule has 0 aromatic rings. The second-order valence-corrected chi connectivity index (χ2v) is 12.1. The molecule has 0 radical (unpaired) electrons. The van der Waals surface area contributed by atoms with E-state index in [1.807, 2.05) is 0 Å². The van der Waals surface area contributed by atoms with Crippen LogP contribution in [0.25, 0.3) is 0 Å². The van der Waals surface area contributed by atoms with Crippen LogP contribution in [0.15, 0.2) is 12.2 Å². The fourth-order valence-electron chi connectivity index (χ4n) is 4.31. The van der Waals surface area contributed by atoms with E-state index in [0.29, 0.717) is 6.42 Å². The highest BCUT2D eigenvalue weighted by Gasteiger charge is 2.21. The molecule has 0 aliphatic carbocycles. The quantitative estimate of drug-likeness (QED) is 0.0263. The fraction of sp³-hybridized carbons (Fsp3) is 0.824. The topological polar surface area (TPSA) is 168 Å². The van der Waals surface area contributed by atoms with E-state index in [2.05, 4.69) is 30.0 Å². The van der Waals surface area contributed by atoms with Gasteiger partial charge in [0.05, 0.1) is 18.8 Å². The van der Waals surface area contributed by atoms with E-state index in [4.69, 9.17) is 33.7 Å². The zero-order valence-electron chi connectivity index (χ0n) is 29.3. The predicted molar refractivity (Wildman–Crippen MR) is 177 cm³/mol. The van der Waals surface area contributed by atoms with Crippen LogP contribution in [0.5, 0.6) is 0 Å². The highest BCUT2D eigenvalue weighted by Crippen LogP contribution is 2.15. The Balaban J connectivity index is 3.91. The molecule has 0 saturated heterocycles. The molecule has 274 valence electrons. The number of carboxylic acid groups (broad SMARTS) is 1. The molecular formula is C34H62N2O11. The van der Waals surface area contributed by atoms with E-state index in [0.717, 1.165) is 38.5 Å². The molecule has 0 aromatic carbocycles. The average Bonchev–Trinajstić information content (AvgIpc) is 3.03. The second kappa shape index (κ2) is 30.7. The number of aliphatic carboxylic acids is 1. The van der Waals surface area contributed by atoms with Crippen molar-refractivity contribution in [2.24, 2.45) is 0 Å². The highest BCUT2D eigenvalue weighted by molar-refractivity contribution is 5.80. The molecule has 0 heterocycles. The molecule has 47 heavy (non-hydrogen) atoms. The van der Waals surface area contributed by atoms with Crippen molar-refractivity contribution in [2.75, 3.05) is 39.6 Å². The first-order valence-corrected chi connectivity index (χ1v) is 17.2. The summed E-state index contributed by atoms with van der Waals surface area (Å²) in [6.07, 6.45) is 19.0. The molecule has 2 unspecified atom stereocenters. The SMILES string of the molecule is CCCCCCCC/C=C\CCCCCCCC(=O)OC(COC=O)CONOCCNC(=O)C(C)OCCC(C)(C)OCC(=O)O. The number of amides is 1. The number of allylic oxidation sites excluding steroid dienone is 2. The van der Waals surface area contributed by atoms with Crippen molar-refractivity contribution in [1.29, 1.82) is 0 Å². The van der Waals surface area contributed by atoms with Gasteiger partial charge in [0.15, 0.2) is 6.10 Å². The summed E-state index contributed by atoms with van der Waals surface area (Å²) in [5.74, 6) is -1.78. The molecule has 13 nitrogen and oxygen atoms in total. The molecule has 0 bridgehead atoms. The number of carboxylic acids is 1. The molecule has 0 fully saturated rings. The number of unbranched alkanes of at least 4 members (excludes halogenated alkanes) is 11. The standard InChI is InChI=1S/C34H62N2O11/c1-5-6-7-8-9-10-11-12-13-14-15-16-17-18-19-20-32(40)47-30(25-42-28-37)26-46-36-45-24-22-35-33(41)29(2)43-23-21-34(3,4)44-27-31(38)39/h12-13,28-30,36H,5-11,14-27H2,1-4H3,(H,35,41)(H,38,39)/b13-12-. The van der Waals surface area contributed by atoms with Crippen LogP contribution in [-0.2, 0) is 47.8 Å². The first kappa shape index (κ1) is 44.4. The molecule has 0 aromatic heterocycles. The summed E-state index contributed by atoms with van der Waals surface area (Å²) in [5.41, 5.74) is 1.56. The van der Waals surface area contributed by atoms with Crippen LogP contribution in [0.2, 0.25) is 0 Å². The van der Waals surface area contributed by atoms with Gasteiger partial charge in [-0.1, -0.05) is 76.1 Å². The Hall–Kier alpha value is -2.58. The van der Waals surface area contributed by atoms with E-state index < -0.39 is 30.4 Å². The molecule has 0 rings (SSSR count). The molecule has 0 spiro atoms. The van der Waals surface area contributed by atoms with E-state index in [1.54, 1.807) is 20.8 Å². The Morgan fingerprint density at radius 2 is 1.49 bits per heavy atom. The maximum Gasteiger partial charge on any atom is 0.329 e. The normalized spacial score (nSPS) is 12.9. The lowest BCUT2D eigenvalue weighted by atomic mass is 10.1. The number of rotatable bonds is 34. The van der Waals surface area contributed by atoms with Crippen molar-refractivity contribution in [2.45, 2.75) is 142 Å². The van der Waals surface area contributed by atoms with E-state index in [-0.39, 0.29) is 57.7 Å². The van der Waals surface area contributed by atoms with E-state index >= 15 is 0 Å². The third-order valence-electron chi connectivity index (χ3n) is 7.21. The molecule has 0 saturated carbocycles. The summed E-state index contributed by atoms with van der Waals surface area (Å²) < 4.78 is 20.9. The summed E-state index contributed by atoms with van der Waals surface area (Å²) in [6, 6.07) is 0. The smallest absolute Gasteiger partial charge is 0.329 e. The largest absolute Gasteiger partial charge is 0.480 e. The summed E-state index contributed by atoms with van der Waals surface area (Å²) in [5, 5.41) is 11.4. The van der Waals surface area contributed by atoms with Crippen LogP contribution < -0.4 is 11.0 Å². The van der Waals surface area contributed by atoms with Crippen LogP contribution in [-0.4, -0.2) is 86.8 Å². The van der Waals surface area contributed by atoms with Gasteiger partial charge in [0.1, 0.15) is 25.9 Å². The van der Waals surface area contributed by atoms with Crippen LogP contribution in [0, 0.1) is 0 Å². The van der Waals surface area contributed by atoms with Crippen LogP contribution in [0.4, 0.5) is 0 Å². The van der Waals surface area contributed by atoms with Gasteiger partial charge in [0.25, 0.3) is 6.47 Å². The minimum atomic E-state index is -1.05. The van der Waals surface area contributed by atoms with Gasteiger partial charge in [-0.15, -0.1) is 0 Å². The second-order valence-electron chi connectivity index (χ2n) is 12.1. The number of carbonyl (C=O) groups is 4. The first-order valence-electron chi connectivity index (χ1n) is 17.2. The zero-order valence-corrected chi connectivity index (χ0v) is 29.3. The van der Waals surface area contributed by atoms with Gasteiger partial charge in [-0.2, -0.15) is 0 Å². The van der Waals surface area contributed by atoms with Crippen molar-refractivity contribution in [3.8, 4) is 0 Å². The number of carbonyl (C=O) groups excluding carboxylic acids is 3. The van der Waals surface area contributed by atoms with Gasteiger partial charge in [-0.25, -0.2) is 4.79 Å². The first-order chi connectivity index (χ1) is 22.6. The van der Waals surface area contributed by atoms with Crippen molar-refractivity contribution < 1.29 is 52.9 Å². The number of hydrogen-bond acceptors (Lipinski definition) is 11. The molecule has 0 aliphatic heterocycles. The minimum Gasteiger partial charge on any atom is -0.480 e. The highest BCUT2D eigenvalue weighted by atomic mass is 16.9. The maximum atomic E-state index is 12.3. The van der Waals surface area contributed by atoms with Crippen molar-refractivity contribution in [3.05, 3.63) is 12.2 Å². The van der Waals surface area contributed by atoms with Gasteiger partial charge < -0.3 is 29.4 Å². The molecule has 1 amide bonds. The van der Waals surface area contributed by atoms with Crippen molar-refractivity contribution in [3.63, 3.8) is 0 Å². The lowest BCUT2D eigenvalue weighted by molar-refractivity contribution is -0.196. The Kier molecular flexibility index (Phi) is 29.0. The molecular weight excluding hydrogens is 612 g/mol. The number of hydrogen-bond donors (Lipinski definition) is 3. The van der Waals surface area contributed by atoms with Crippen LogP contribution >= 0.6 is 0 Å². The summed E-state index contributed by atoms with van der Waals surface area (Å²) in [6.45, 7) is 7.38. The van der Waals surface area contributed by atoms with Gasteiger partial charge in [-0.3, -0.25) is 24.1 Å². The van der Waals surface area contributed by atoms with Gasteiger partial charge in [0.2, 0.25) is 5.91 Å². The third-order valence-corrected chi connectivity index (χ3v) is 7.21. The Labute approximate surface area is 281 Å². The van der Waals surface area contributed by atoms with Crippen molar-refractivity contribution >= 4 is 24.3 Å². The summed E-state index contributed by atoms with van der Waals surface area (Å²) in [4.78, 5) is 56.0. The Bertz CT molecular complexity index is 839. The number of nitrogens with one attached hydrogen (secondary N) is 2. The monoisotopic (exact) mass is 674 g/mol. The predicted octanol–water partition coefficient (Wildman–Crippen LogP) is 5.35. The van der Waals surface area contributed by atoms with Crippen LogP contribution in [0.1, 0.15) is 124 Å². The van der Waals surface area contributed by atoms with E-state index in [9.17, 15) is 19.2 Å².